The molecule has 1 N–H and O–H groups in total. The van der Waals surface area contributed by atoms with Crippen molar-refractivity contribution in [3.8, 4) is 0 Å². The number of rotatable bonds is 9. The number of aromatic nitrogens is 3. The maximum Gasteiger partial charge on any atom is 0.193 e. The van der Waals surface area contributed by atoms with Gasteiger partial charge in [0.2, 0.25) is 0 Å². The van der Waals surface area contributed by atoms with Gasteiger partial charge in [0.05, 0.1) is 6.54 Å². The molecule has 0 amide bonds. The van der Waals surface area contributed by atoms with E-state index in [1.807, 2.05) is 0 Å². The Labute approximate surface area is 152 Å². The molecule has 1 aliphatic rings. The Bertz CT molecular complexity index is 521. The number of hydrogen-bond acceptors (Lipinski definition) is 4. The molecule has 7 heteroatoms. The van der Waals surface area contributed by atoms with E-state index in [2.05, 4.69) is 57.6 Å². The lowest BCUT2D eigenvalue weighted by Crippen LogP contribution is -2.41. The van der Waals surface area contributed by atoms with E-state index in [1.165, 1.54) is 13.0 Å². The summed E-state index contributed by atoms with van der Waals surface area (Å²) in [6, 6.07) is 0. The number of hydrogen-bond donors (Lipinski definition) is 1. The Hall–Kier alpha value is -1.63. The second kappa shape index (κ2) is 10.4. The molecule has 1 aromatic heterocycles. The van der Waals surface area contributed by atoms with Gasteiger partial charge in [0.1, 0.15) is 12.2 Å². The molecule has 1 atom stereocenters. The van der Waals surface area contributed by atoms with Crippen LogP contribution in [0.2, 0.25) is 0 Å². The van der Waals surface area contributed by atoms with Crippen molar-refractivity contribution >= 4 is 5.96 Å². The van der Waals surface area contributed by atoms with E-state index in [-0.39, 0.29) is 0 Å². The number of nitrogens with one attached hydrogen (secondary N) is 1. The van der Waals surface area contributed by atoms with Crippen LogP contribution >= 0.6 is 0 Å². The molecule has 0 aromatic carbocycles. The summed E-state index contributed by atoms with van der Waals surface area (Å²) >= 11 is 0. The van der Waals surface area contributed by atoms with Gasteiger partial charge >= 0.3 is 0 Å². The minimum absolute atomic E-state index is 0.744. The van der Waals surface area contributed by atoms with Gasteiger partial charge in [-0.05, 0) is 32.4 Å². The highest BCUT2D eigenvalue weighted by molar-refractivity contribution is 5.80. The Morgan fingerprint density at radius 2 is 2.12 bits per heavy atom. The summed E-state index contributed by atoms with van der Waals surface area (Å²) in [6.07, 6.45) is 3.96. The zero-order valence-corrected chi connectivity index (χ0v) is 16.4. The SMILES string of the molecule is CCNC(=NCCn1cnnc1CC)N1CCC(CN(CC)CC)C1. The van der Waals surface area contributed by atoms with Crippen molar-refractivity contribution in [3.05, 3.63) is 12.2 Å². The summed E-state index contributed by atoms with van der Waals surface area (Å²) in [6.45, 7) is 16.9. The van der Waals surface area contributed by atoms with Gasteiger partial charge < -0.3 is 19.7 Å². The van der Waals surface area contributed by atoms with Crippen LogP contribution in [0.5, 0.6) is 0 Å². The minimum atomic E-state index is 0.744. The van der Waals surface area contributed by atoms with E-state index < -0.39 is 0 Å². The second-order valence-corrected chi connectivity index (χ2v) is 6.62. The van der Waals surface area contributed by atoms with Crippen molar-refractivity contribution in [2.75, 3.05) is 45.8 Å². The lowest BCUT2D eigenvalue weighted by molar-refractivity contribution is 0.255. The lowest BCUT2D eigenvalue weighted by Gasteiger charge is -2.24. The second-order valence-electron chi connectivity index (χ2n) is 6.62. The predicted octanol–water partition coefficient (Wildman–Crippen LogP) is 1.47. The molecule has 0 radical (unpaired) electrons. The maximum absolute atomic E-state index is 4.84. The van der Waals surface area contributed by atoms with Crippen LogP contribution in [0.3, 0.4) is 0 Å². The van der Waals surface area contributed by atoms with E-state index in [1.54, 1.807) is 6.33 Å². The first-order chi connectivity index (χ1) is 12.2. The molecule has 0 spiro atoms. The molecule has 25 heavy (non-hydrogen) atoms. The molecule has 1 fully saturated rings. The number of aryl methyl sites for hydroxylation is 1. The molecule has 1 aromatic rings. The standard InChI is InChI=1S/C18H35N7/c1-5-17-22-21-15-25(17)12-10-20-18(19-6-2)24-11-9-16(14-24)13-23(7-3)8-4/h15-16H,5-14H2,1-4H3,(H,19,20). The lowest BCUT2D eigenvalue weighted by atomic mass is 10.1. The van der Waals surface area contributed by atoms with Gasteiger partial charge in [0.15, 0.2) is 5.96 Å². The van der Waals surface area contributed by atoms with E-state index in [0.717, 1.165) is 69.9 Å². The summed E-state index contributed by atoms with van der Waals surface area (Å²) < 4.78 is 2.10. The fraction of sp³-hybridized carbons (Fsp3) is 0.833. The number of guanidine groups is 1. The van der Waals surface area contributed by atoms with Crippen molar-refractivity contribution in [1.82, 2.24) is 29.9 Å². The molecule has 0 aliphatic carbocycles. The van der Waals surface area contributed by atoms with Gasteiger partial charge in [-0.3, -0.25) is 4.99 Å². The average Bonchev–Trinajstić information content (AvgIpc) is 3.28. The molecular weight excluding hydrogens is 314 g/mol. The normalized spacial score (nSPS) is 18.4. The molecule has 0 bridgehead atoms. The molecule has 0 saturated carbocycles. The van der Waals surface area contributed by atoms with Crippen LogP contribution in [-0.4, -0.2) is 76.3 Å². The van der Waals surface area contributed by atoms with E-state index in [4.69, 9.17) is 4.99 Å². The number of aliphatic imine (C=N–C) groups is 1. The highest BCUT2D eigenvalue weighted by atomic mass is 15.3. The van der Waals surface area contributed by atoms with Gasteiger partial charge in [-0.15, -0.1) is 10.2 Å². The minimum Gasteiger partial charge on any atom is -0.357 e. The third-order valence-electron chi connectivity index (χ3n) is 4.95. The zero-order chi connectivity index (χ0) is 18.1. The van der Waals surface area contributed by atoms with E-state index in [9.17, 15) is 0 Å². The number of likely N-dealkylation sites (tertiary alicyclic amines) is 1. The molecule has 1 unspecified atom stereocenters. The van der Waals surface area contributed by atoms with Gasteiger partial charge in [-0.25, -0.2) is 0 Å². The fourth-order valence-electron chi connectivity index (χ4n) is 3.45. The monoisotopic (exact) mass is 349 g/mol. The van der Waals surface area contributed by atoms with Crippen LogP contribution in [0.4, 0.5) is 0 Å². The van der Waals surface area contributed by atoms with Crippen molar-refractivity contribution in [2.24, 2.45) is 10.9 Å². The predicted molar refractivity (Wildman–Crippen MR) is 103 cm³/mol. The Kier molecular flexibility index (Phi) is 8.18. The first kappa shape index (κ1) is 19.7. The van der Waals surface area contributed by atoms with Crippen molar-refractivity contribution in [2.45, 2.75) is 47.1 Å². The summed E-state index contributed by atoms with van der Waals surface area (Å²) in [5.41, 5.74) is 0. The first-order valence-electron chi connectivity index (χ1n) is 9.83. The highest BCUT2D eigenvalue weighted by Crippen LogP contribution is 2.17. The molecule has 2 heterocycles. The Balaban J connectivity index is 1.89. The van der Waals surface area contributed by atoms with Gasteiger partial charge in [-0.2, -0.15) is 0 Å². The van der Waals surface area contributed by atoms with Gasteiger partial charge in [0, 0.05) is 39.1 Å². The summed E-state index contributed by atoms with van der Waals surface area (Å²) in [5, 5.41) is 11.6. The Morgan fingerprint density at radius 1 is 1.32 bits per heavy atom. The van der Waals surface area contributed by atoms with Crippen LogP contribution in [-0.2, 0) is 13.0 Å². The van der Waals surface area contributed by atoms with Crippen molar-refractivity contribution in [1.29, 1.82) is 0 Å². The Morgan fingerprint density at radius 3 is 2.80 bits per heavy atom. The van der Waals surface area contributed by atoms with E-state index >= 15 is 0 Å². The zero-order valence-electron chi connectivity index (χ0n) is 16.4. The molecule has 1 saturated heterocycles. The third-order valence-corrected chi connectivity index (χ3v) is 4.95. The average molecular weight is 350 g/mol. The molecule has 1 aliphatic heterocycles. The quantitative estimate of drug-likeness (QED) is 0.540. The molecule has 2 rings (SSSR count). The maximum atomic E-state index is 4.84. The molecule has 142 valence electrons. The van der Waals surface area contributed by atoms with Crippen LogP contribution in [0.1, 0.15) is 39.9 Å². The van der Waals surface area contributed by atoms with Crippen molar-refractivity contribution < 1.29 is 0 Å². The first-order valence-corrected chi connectivity index (χ1v) is 9.83. The van der Waals surface area contributed by atoms with Crippen LogP contribution in [0.25, 0.3) is 0 Å². The van der Waals surface area contributed by atoms with Crippen LogP contribution < -0.4 is 5.32 Å². The van der Waals surface area contributed by atoms with Crippen LogP contribution in [0, 0.1) is 5.92 Å². The fourth-order valence-corrected chi connectivity index (χ4v) is 3.45. The van der Waals surface area contributed by atoms with Gasteiger partial charge in [0.25, 0.3) is 0 Å². The van der Waals surface area contributed by atoms with E-state index in [0.29, 0.717) is 0 Å². The molecular formula is C18H35N7. The summed E-state index contributed by atoms with van der Waals surface area (Å²) in [5.74, 6) is 2.82. The number of nitrogens with zero attached hydrogens (tertiary/aromatic N) is 6. The van der Waals surface area contributed by atoms with Crippen LogP contribution in [0.15, 0.2) is 11.3 Å². The third kappa shape index (κ3) is 5.70. The summed E-state index contributed by atoms with van der Waals surface area (Å²) in [7, 11) is 0. The molecule has 7 nitrogen and oxygen atoms in total. The largest absolute Gasteiger partial charge is 0.357 e. The topological polar surface area (TPSA) is 61.6 Å². The summed E-state index contributed by atoms with van der Waals surface area (Å²) in [4.78, 5) is 9.79. The van der Waals surface area contributed by atoms with Gasteiger partial charge in [-0.1, -0.05) is 20.8 Å². The highest BCUT2D eigenvalue weighted by Gasteiger charge is 2.25. The van der Waals surface area contributed by atoms with Crippen molar-refractivity contribution in [3.63, 3.8) is 0 Å². The smallest absolute Gasteiger partial charge is 0.193 e.